The van der Waals surface area contributed by atoms with E-state index >= 15 is 0 Å². The van der Waals surface area contributed by atoms with Crippen molar-refractivity contribution in [2.45, 2.75) is 0 Å². The van der Waals surface area contributed by atoms with Gasteiger partial charge in [0.1, 0.15) is 6.29 Å². The fourth-order valence-electron chi connectivity index (χ4n) is 1.74. The van der Waals surface area contributed by atoms with Crippen molar-refractivity contribution >= 4 is 22.7 Å². The molecular weight excluding hydrogens is 234 g/mol. The summed E-state index contributed by atoms with van der Waals surface area (Å²) in [6.07, 6.45) is 0.833. The summed E-state index contributed by atoms with van der Waals surface area (Å²) in [4.78, 5) is 10.0. The lowest BCUT2D eigenvalue weighted by Gasteiger charge is -1.96. The highest BCUT2D eigenvalue weighted by Crippen LogP contribution is 2.15. The molecule has 3 rings (SSSR count). The normalized spacial score (nSPS) is 9.47. The Kier molecular flexibility index (Phi) is 4.29. The second-order valence-electron chi connectivity index (χ2n) is 4.14. The van der Waals surface area contributed by atoms with Crippen LogP contribution in [0.3, 0.4) is 0 Å². The highest BCUT2D eigenvalue weighted by atomic mass is 16.1. The lowest BCUT2D eigenvalue weighted by Crippen LogP contribution is -1.82. The lowest BCUT2D eigenvalue weighted by molar-refractivity contribution is 0.112. The quantitative estimate of drug-likeness (QED) is 0.524. The van der Waals surface area contributed by atoms with E-state index in [4.69, 9.17) is 5.73 Å². The molecule has 0 atom stereocenters. The molecule has 0 aliphatic rings. The predicted molar refractivity (Wildman–Crippen MR) is 80.2 cm³/mol. The molecule has 94 valence electrons. The molecule has 0 bridgehead atoms. The highest BCUT2D eigenvalue weighted by molar-refractivity contribution is 5.85. The fraction of sp³-hybridized carbons (Fsp3) is 0. The minimum atomic E-state index is 0.729. The van der Waals surface area contributed by atoms with E-state index in [1.54, 1.807) is 12.1 Å². The van der Waals surface area contributed by atoms with Crippen molar-refractivity contribution in [3.63, 3.8) is 0 Å². The van der Waals surface area contributed by atoms with E-state index in [0.29, 0.717) is 0 Å². The smallest absolute Gasteiger partial charge is 0.150 e. The van der Waals surface area contributed by atoms with Gasteiger partial charge in [-0.15, -0.1) is 0 Å². The number of hydrogen-bond donors (Lipinski definition) is 1. The first-order valence-corrected chi connectivity index (χ1v) is 6.04. The van der Waals surface area contributed by atoms with Crippen LogP contribution in [0.2, 0.25) is 0 Å². The van der Waals surface area contributed by atoms with Crippen LogP contribution in [0.15, 0.2) is 72.8 Å². The lowest BCUT2D eigenvalue weighted by atomic mass is 10.1. The van der Waals surface area contributed by atoms with Crippen molar-refractivity contribution in [2.75, 3.05) is 5.73 Å². The first-order valence-electron chi connectivity index (χ1n) is 6.04. The van der Waals surface area contributed by atoms with Crippen molar-refractivity contribution in [1.82, 2.24) is 0 Å². The Hall–Kier alpha value is -2.61. The van der Waals surface area contributed by atoms with Crippen molar-refractivity contribution in [3.8, 4) is 0 Å². The Morgan fingerprint density at radius 2 is 1.37 bits per heavy atom. The molecule has 0 amide bonds. The number of hydrogen-bond acceptors (Lipinski definition) is 2. The Bertz CT molecular complexity index is 662. The van der Waals surface area contributed by atoms with Crippen molar-refractivity contribution in [1.29, 1.82) is 0 Å². The van der Waals surface area contributed by atoms with E-state index in [1.807, 2.05) is 48.5 Å². The SMILES string of the molecule is Nc1ccc2ccccc2c1.O=Cc1ccccc1. The minimum absolute atomic E-state index is 0.729. The van der Waals surface area contributed by atoms with E-state index in [2.05, 4.69) is 12.1 Å². The molecule has 0 saturated carbocycles. The first kappa shape index (κ1) is 12.8. The Labute approximate surface area is 112 Å². The van der Waals surface area contributed by atoms with Gasteiger partial charge in [0.05, 0.1) is 0 Å². The molecule has 3 aromatic carbocycles. The molecule has 0 spiro atoms. The van der Waals surface area contributed by atoms with Crippen LogP contribution < -0.4 is 5.73 Å². The summed E-state index contributed by atoms with van der Waals surface area (Å²) in [5.74, 6) is 0. The molecule has 2 nitrogen and oxygen atoms in total. The zero-order chi connectivity index (χ0) is 13.5. The topological polar surface area (TPSA) is 43.1 Å². The van der Waals surface area contributed by atoms with E-state index in [9.17, 15) is 4.79 Å². The zero-order valence-corrected chi connectivity index (χ0v) is 10.5. The number of carbonyl (C=O) groups excluding carboxylic acids is 1. The largest absolute Gasteiger partial charge is 0.399 e. The van der Waals surface area contributed by atoms with Gasteiger partial charge in [-0.25, -0.2) is 0 Å². The van der Waals surface area contributed by atoms with Crippen LogP contribution in [0, 0.1) is 0 Å². The number of benzene rings is 3. The molecule has 0 heterocycles. The third-order valence-corrected chi connectivity index (χ3v) is 2.71. The Balaban J connectivity index is 0.000000148. The fourth-order valence-corrected chi connectivity index (χ4v) is 1.74. The maximum atomic E-state index is 10.0. The Morgan fingerprint density at radius 3 is 2.00 bits per heavy atom. The molecule has 3 aromatic rings. The summed E-state index contributed by atoms with van der Waals surface area (Å²) in [6.45, 7) is 0. The number of fused-ring (bicyclic) bond motifs is 1. The van der Waals surface area contributed by atoms with Gasteiger partial charge in [0.15, 0.2) is 0 Å². The molecule has 2 N–H and O–H groups in total. The minimum Gasteiger partial charge on any atom is -0.399 e. The van der Waals surface area contributed by atoms with Crippen LogP contribution in [-0.2, 0) is 0 Å². The van der Waals surface area contributed by atoms with Crippen LogP contribution >= 0.6 is 0 Å². The van der Waals surface area contributed by atoms with Gasteiger partial charge in [0.25, 0.3) is 0 Å². The van der Waals surface area contributed by atoms with E-state index < -0.39 is 0 Å². The summed E-state index contributed by atoms with van der Waals surface area (Å²) in [6, 6.07) is 23.2. The van der Waals surface area contributed by atoms with E-state index in [-0.39, 0.29) is 0 Å². The second-order valence-corrected chi connectivity index (χ2v) is 4.14. The zero-order valence-electron chi connectivity index (χ0n) is 10.5. The van der Waals surface area contributed by atoms with Gasteiger partial charge in [0.2, 0.25) is 0 Å². The summed E-state index contributed by atoms with van der Waals surface area (Å²) >= 11 is 0. The molecule has 0 saturated heterocycles. The maximum Gasteiger partial charge on any atom is 0.150 e. The summed E-state index contributed by atoms with van der Waals surface area (Å²) in [7, 11) is 0. The molecule has 0 aliphatic heterocycles. The van der Waals surface area contributed by atoms with Gasteiger partial charge in [0, 0.05) is 11.3 Å². The van der Waals surface area contributed by atoms with E-state index in [0.717, 1.165) is 17.5 Å². The second kappa shape index (κ2) is 6.36. The van der Waals surface area contributed by atoms with Crippen molar-refractivity contribution < 1.29 is 4.79 Å². The molecule has 0 fully saturated rings. The number of anilines is 1. The number of nitrogens with two attached hydrogens (primary N) is 1. The van der Waals surface area contributed by atoms with Gasteiger partial charge >= 0.3 is 0 Å². The van der Waals surface area contributed by atoms with Crippen molar-refractivity contribution in [2.24, 2.45) is 0 Å². The van der Waals surface area contributed by atoms with Gasteiger partial charge in [-0.2, -0.15) is 0 Å². The summed E-state index contributed by atoms with van der Waals surface area (Å²) in [5, 5.41) is 2.44. The highest BCUT2D eigenvalue weighted by Gasteiger charge is 1.89. The molecule has 2 heteroatoms. The van der Waals surface area contributed by atoms with Gasteiger partial charge < -0.3 is 5.73 Å². The number of carbonyl (C=O) groups is 1. The maximum absolute atomic E-state index is 10.0. The summed E-state index contributed by atoms with van der Waals surface area (Å²) in [5.41, 5.74) is 7.18. The number of rotatable bonds is 1. The van der Waals surface area contributed by atoms with Crippen LogP contribution in [0.25, 0.3) is 10.8 Å². The number of aldehydes is 1. The monoisotopic (exact) mass is 249 g/mol. The summed E-state index contributed by atoms with van der Waals surface area (Å²) < 4.78 is 0. The van der Waals surface area contributed by atoms with Gasteiger partial charge in [-0.3, -0.25) is 4.79 Å². The average Bonchev–Trinajstić information content (AvgIpc) is 2.48. The van der Waals surface area contributed by atoms with Gasteiger partial charge in [-0.05, 0) is 22.9 Å². The van der Waals surface area contributed by atoms with Crippen LogP contribution in [-0.4, -0.2) is 6.29 Å². The van der Waals surface area contributed by atoms with E-state index in [1.165, 1.54) is 10.8 Å². The number of nitrogen functional groups attached to an aromatic ring is 1. The molecule has 0 unspecified atom stereocenters. The molecule has 19 heavy (non-hydrogen) atoms. The first-order chi connectivity index (χ1) is 9.29. The van der Waals surface area contributed by atoms with Gasteiger partial charge in [-0.1, -0.05) is 60.7 Å². The average molecular weight is 249 g/mol. The molecule has 0 aliphatic carbocycles. The standard InChI is InChI=1S/C10H9N.C7H6O/c11-10-6-5-8-3-1-2-4-9(8)7-10;8-6-7-4-2-1-3-5-7/h1-7H,11H2;1-6H. The molecule has 0 aromatic heterocycles. The predicted octanol–water partition coefficient (Wildman–Crippen LogP) is 3.92. The van der Waals surface area contributed by atoms with Crippen LogP contribution in [0.5, 0.6) is 0 Å². The van der Waals surface area contributed by atoms with Crippen LogP contribution in [0.1, 0.15) is 10.4 Å². The third kappa shape index (κ3) is 3.68. The Morgan fingerprint density at radius 1 is 0.737 bits per heavy atom. The van der Waals surface area contributed by atoms with Crippen LogP contribution in [0.4, 0.5) is 5.69 Å². The van der Waals surface area contributed by atoms with Crippen molar-refractivity contribution in [3.05, 3.63) is 78.4 Å². The molecule has 0 radical (unpaired) electrons. The molecular formula is C17H15NO. The third-order valence-electron chi connectivity index (χ3n) is 2.71.